The highest BCUT2D eigenvalue weighted by molar-refractivity contribution is 5.94. The first kappa shape index (κ1) is 58.7. The van der Waals surface area contributed by atoms with Crippen LogP contribution in [0.3, 0.4) is 0 Å². The Labute approximate surface area is 361 Å². The maximum Gasteiger partial charge on any atom is 0.313 e. The Bertz CT molecular complexity index is 901. The van der Waals surface area contributed by atoms with Crippen LogP contribution in [0.2, 0.25) is 0 Å². The summed E-state index contributed by atoms with van der Waals surface area (Å²) in [5.74, 6) is -1.56. The molecule has 0 bridgehead atoms. The second kappa shape index (κ2) is 50.3. The first-order chi connectivity index (χ1) is 29.9. The minimum atomic E-state index is -0.547. The van der Waals surface area contributed by atoms with Crippen molar-refractivity contribution in [2.75, 3.05) is 211 Å². The largest absolute Gasteiger partial charge is 0.463 e. The van der Waals surface area contributed by atoms with E-state index < -0.39 is 11.9 Å². The van der Waals surface area contributed by atoms with E-state index in [0.29, 0.717) is 185 Å². The number of hydrogen-bond donors (Lipinski definition) is 0. The molecule has 0 unspecified atom stereocenters. The molecular formula is C40H74O21. The van der Waals surface area contributed by atoms with Crippen molar-refractivity contribution < 1.29 is 99.7 Å². The molecule has 0 aromatic rings. The highest BCUT2D eigenvalue weighted by atomic mass is 16.6. The van der Waals surface area contributed by atoms with Gasteiger partial charge in [-0.05, 0) is 13.8 Å². The van der Waals surface area contributed by atoms with E-state index >= 15 is 0 Å². The molecule has 0 aromatic carbocycles. The lowest BCUT2D eigenvalue weighted by Crippen LogP contribution is -2.16. The van der Waals surface area contributed by atoms with Gasteiger partial charge in [-0.1, -0.05) is 0 Å². The van der Waals surface area contributed by atoms with Crippen molar-refractivity contribution in [3.05, 3.63) is 0 Å². The second-order valence-electron chi connectivity index (χ2n) is 12.4. The van der Waals surface area contributed by atoms with Crippen LogP contribution < -0.4 is 0 Å². The third-order valence-corrected chi connectivity index (χ3v) is 6.98. The summed E-state index contributed by atoms with van der Waals surface area (Å²) in [6, 6.07) is 0. The van der Waals surface area contributed by atoms with Gasteiger partial charge in [-0.15, -0.1) is 0 Å². The molecule has 0 rings (SSSR count). The number of Topliss-reactive ketones (excluding diaryl/α,β-unsaturated/α-hetero) is 2. The Balaban J connectivity index is 3.10. The Morgan fingerprint density at radius 1 is 0.213 bits per heavy atom. The zero-order valence-corrected chi connectivity index (χ0v) is 36.6. The maximum absolute atomic E-state index is 11.2. The fraction of sp³-hybridized carbons (Fsp3) is 0.900. The van der Waals surface area contributed by atoms with Crippen LogP contribution >= 0.6 is 0 Å². The van der Waals surface area contributed by atoms with Crippen molar-refractivity contribution in [1.82, 2.24) is 0 Å². The van der Waals surface area contributed by atoms with Gasteiger partial charge in [-0.3, -0.25) is 19.2 Å². The SMILES string of the molecule is CC(=O)CC(=O)OCCOCCOCCOCCOCCOCCOCCOCCOCCOCCOCCOCCOCCOCCOCCOCCOC(=O)CC(C)=O. The average molecular weight is 891 g/mol. The molecule has 0 amide bonds. The molecule has 0 saturated heterocycles. The lowest BCUT2D eigenvalue weighted by atomic mass is 10.3. The molecule has 0 aliphatic heterocycles. The van der Waals surface area contributed by atoms with Crippen LogP contribution in [0.15, 0.2) is 0 Å². The molecule has 0 spiro atoms. The molecule has 0 atom stereocenters. The van der Waals surface area contributed by atoms with E-state index in [1.165, 1.54) is 13.8 Å². The Morgan fingerprint density at radius 2 is 0.328 bits per heavy atom. The summed E-state index contributed by atoms with van der Waals surface area (Å²) < 4.78 is 91.2. The van der Waals surface area contributed by atoms with E-state index in [1.807, 2.05) is 0 Å². The molecule has 21 nitrogen and oxygen atoms in total. The lowest BCUT2D eigenvalue weighted by molar-refractivity contribution is -0.148. The summed E-state index contributed by atoms with van der Waals surface area (Å²) in [7, 11) is 0. The van der Waals surface area contributed by atoms with E-state index in [9.17, 15) is 19.2 Å². The van der Waals surface area contributed by atoms with Gasteiger partial charge in [0.15, 0.2) is 0 Å². The van der Waals surface area contributed by atoms with Gasteiger partial charge in [-0.2, -0.15) is 0 Å². The van der Waals surface area contributed by atoms with Crippen molar-refractivity contribution >= 4 is 23.5 Å². The van der Waals surface area contributed by atoms with Gasteiger partial charge >= 0.3 is 11.9 Å². The number of ketones is 2. The summed E-state index contributed by atoms with van der Waals surface area (Å²) in [6.45, 7) is 16.0. The molecule has 0 radical (unpaired) electrons. The topological polar surface area (TPSA) is 225 Å². The van der Waals surface area contributed by atoms with Gasteiger partial charge in [0.05, 0.1) is 198 Å². The molecule has 0 aromatic heterocycles. The molecular weight excluding hydrogens is 816 g/mol. The van der Waals surface area contributed by atoms with Crippen molar-refractivity contribution in [2.24, 2.45) is 0 Å². The quantitative estimate of drug-likeness (QED) is 0.0454. The van der Waals surface area contributed by atoms with Gasteiger partial charge in [0.1, 0.15) is 37.6 Å². The molecule has 360 valence electrons. The third-order valence-electron chi connectivity index (χ3n) is 6.98. The minimum Gasteiger partial charge on any atom is -0.463 e. The summed E-state index contributed by atoms with van der Waals surface area (Å²) in [6.07, 6.45) is -0.436. The number of rotatable bonds is 52. The Hall–Kier alpha value is -2.32. The normalized spacial score (nSPS) is 11.3. The molecule has 0 saturated carbocycles. The number of carbonyl (C=O) groups excluding carboxylic acids is 4. The lowest BCUT2D eigenvalue weighted by Gasteiger charge is -2.09. The van der Waals surface area contributed by atoms with E-state index in [4.69, 9.17) is 80.5 Å². The molecule has 0 heterocycles. The summed E-state index contributed by atoms with van der Waals surface area (Å²) in [5, 5.41) is 0. The smallest absolute Gasteiger partial charge is 0.313 e. The minimum absolute atomic E-state index is 0.108. The summed E-state index contributed by atoms with van der Waals surface area (Å²) in [5.41, 5.74) is 0. The molecule has 0 aliphatic rings. The van der Waals surface area contributed by atoms with Gasteiger partial charge in [0.2, 0.25) is 0 Å². The highest BCUT2D eigenvalue weighted by Gasteiger charge is 2.07. The number of carbonyl (C=O) groups is 4. The van der Waals surface area contributed by atoms with Crippen LogP contribution in [0.25, 0.3) is 0 Å². The zero-order valence-electron chi connectivity index (χ0n) is 36.6. The van der Waals surface area contributed by atoms with Crippen molar-refractivity contribution in [3.63, 3.8) is 0 Å². The second-order valence-corrected chi connectivity index (χ2v) is 12.4. The van der Waals surface area contributed by atoms with Gasteiger partial charge in [0.25, 0.3) is 0 Å². The first-order valence-electron chi connectivity index (χ1n) is 20.9. The van der Waals surface area contributed by atoms with E-state index in [1.54, 1.807) is 0 Å². The number of esters is 2. The molecule has 21 heteroatoms. The summed E-state index contributed by atoms with van der Waals surface area (Å²) >= 11 is 0. The molecule has 0 aliphatic carbocycles. The van der Waals surface area contributed by atoms with Crippen LogP contribution in [0.1, 0.15) is 26.7 Å². The highest BCUT2D eigenvalue weighted by Crippen LogP contribution is 1.92. The van der Waals surface area contributed by atoms with Crippen LogP contribution in [0.5, 0.6) is 0 Å². The Kier molecular flexibility index (Phi) is 48.4. The maximum atomic E-state index is 11.2. The van der Waals surface area contributed by atoms with E-state index in [0.717, 1.165) is 0 Å². The van der Waals surface area contributed by atoms with Crippen molar-refractivity contribution in [1.29, 1.82) is 0 Å². The van der Waals surface area contributed by atoms with Crippen LogP contribution in [-0.2, 0) is 99.7 Å². The van der Waals surface area contributed by atoms with Crippen LogP contribution in [0, 0.1) is 0 Å². The zero-order chi connectivity index (χ0) is 44.4. The van der Waals surface area contributed by atoms with E-state index in [-0.39, 0.29) is 50.8 Å². The predicted octanol–water partition coefficient (Wildman–Crippen LogP) is 0.280. The van der Waals surface area contributed by atoms with Crippen LogP contribution in [0.4, 0.5) is 0 Å². The monoisotopic (exact) mass is 890 g/mol. The van der Waals surface area contributed by atoms with Gasteiger partial charge < -0.3 is 80.5 Å². The average Bonchev–Trinajstić information content (AvgIpc) is 3.22. The molecule has 61 heavy (non-hydrogen) atoms. The number of ether oxygens (including phenoxy) is 17. The fourth-order valence-electron chi connectivity index (χ4n) is 4.12. The summed E-state index contributed by atoms with van der Waals surface area (Å²) in [4.78, 5) is 44.0. The molecule has 0 N–H and O–H groups in total. The van der Waals surface area contributed by atoms with Crippen molar-refractivity contribution in [2.45, 2.75) is 26.7 Å². The van der Waals surface area contributed by atoms with Gasteiger partial charge in [0, 0.05) is 0 Å². The standard InChI is InChI=1S/C40H74O21/c1-37(41)35-39(43)60-33-31-58-29-27-56-25-23-54-21-19-52-17-15-50-13-11-48-9-7-46-5-3-45-4-6-47-8-10-49-12-14-51-16-18-53-20-22-55-24-26-57-28-30-59-32-34-61-40(44)36-38(2)42/h3-36H2,1-2H3. The van der Waals surface area contributed by atoms with E-state index in [2.05, 4.69) is 0 Å². The number of hydrogen-bond acceptors (Lipinski definition) is 21. The third kappa shape index (κ3) is 53.7. The van der Waals surface area contributed by atoms with Crippen LogP contribution in [-0.4, -0.2) is 235 Å². The fourth-order valence-corrected chi connectivity index (χ4v) is 4.12. The van der Waals surface area contributed by atoms with Crippen molar-refractivity contribution in [3.8, 4) is 0 Å². The molecule has 0 fully saturated rings. The predicted molar refractivity (Wildman–Crippen MR) is 215 cm³/mol. The Morgan fingerprint density at radius 3 is 0.443 bits per heavy atom. The van der Waals surface area contributed by atoms with Gasteiger partial charge in [-0.25, -0.2) is 0 Å². The first-order valence-corrected chi connectivity index (χ1v) is 20.9.